The third-order valence-corrected chi connectivity index (χ3v) is 6.15. The maximum atomic E-state index is 13.4. The van der Waals surface area contributed by atoms with E-state index in [0.29, 0.717) is 17.2 Å². The minimum absolute atomic E-state index is 0.0275. The maximum Gasteiger partial charge on any atom is 0.260 e. The Bertz CT molecular complexity index is 1110. The van der Waals surface area contributed by atoms with Crippen molar-refractivity contribution in [3.8, 4) is 11.1 Å². The van der Waals surface area contributed by atoms with E-state index in [-0.39, 0.29) is 23.7 Å². The molecule has 6 heteroatoms. The second kappa shape index (κ2) is 7.26. The van der Waals surface area contributed by atoms with Gasteiger partial charge in [0, 0.05) is 29.2 Å². The molecule has 2 aliphatic carbocycles. The molecule has 0 amide bonds. The summed E-state index contributed by atoms with van der Waals surface area (Å²) < 4.78 is 1.87. The molecule has 0 spiro atoms. The zero-order valence-corrected chi connectivity index (χ0v) is 16.6. The summed E-state index contributed by atoms with van der Waals surface area (Å²) in [5.41, 5.74) is 3.51. The van der Waals surface area contributed by atoms with Crippen LogP contribution in [0.5, 0.6) is 0 Å². The number of rotatable bonds is 4. The second-order valence-electron chi connectivity index (χ2n) is 8.40. The quantitative estimate of drug-likeness (QED) is 0.708. The van der Waals surface area contributed by atoms with Gasteiger partial charge in [0.25, 0.3) is 5.56 Å². The number of nitrogens with one attached hydrogen (secondary N) is 1. The zero-order valence-electron chi connectivity index (χ0n) is 16.6. The predicted molar refractivity (Wildman–Crippen MR) is 114 cm³/mol. The summed E-state index contributed by atoms with van der Waals surface area (Å²) in [6.07, 6.45) is 7.08. The molecule has 0 aliphatic heterocycles. The van der Waals surface area contributed by atoms with E-state index in [1.807, 2.05) is 48.0 Å². The average molecular weight is 390 g/mol. The largest absolute Gasteiger partial charge is 0.393 e. The van der Waals surface area contributed by atoms with Crippen molar-refractivity contribution in [2.75, 3.05) is 5.32 Å². The zero-order chi connectivity index (χ0) is 20.0. The third-order valence-electron chi connectivity index (χ3n) is 6.15. The van der Waals surface area contributed by atoms with Gasteiger partial charge in [0.15, 0.2) is 0 Å². The number of hydrogen-bond donors (Lipinski definition) is 2. The molecule has 0 bridgehead atoms. The summed E-state index contributed by atoms with van der Waals surface area (Å²) in [6.45, 7) is 2.03. The first-order valence-electron chi connectivity index (χ1n) is 10.5. The topological polar surface area (TPSA) is 80.0 Å². The monoisotopic (exact) mass is 390 g/mol. The van der Waals surface area contributed by atoms with Crippen LogP contribution in [0.4, 0.5) is 5.95 Å². The van der Waals surface area contributed by atoms with E-state index >= 15 is 0 Å². The molecule has 0 atom stereocenters. The highest BCUT2D eigenvalue weighted by atomic mass is 16.3. The number of fused-ring (bicyclic) bond motifs is 1. The average Bonchev–Trinajstić information content (AvgIpc) is 3.55. The Morgan fingerprint density at radius 1 is 1.07 bits per heavy atom. The number of pyridine rings is 1. The Hall–Kier alpha value is -2.73. The minimum Gasteiger partial charge on any atom is -0.393 e. The van der Waals surface area contributed by atoms with Crippen LogP contribution in [0.15, 0.2) is 41.3 Å². The number of anilines is 1. The highest BCUT2D eigenvalue weighted by molar-refractivity contribution is 5.82. The SMILES string of the molecule is Cc1ccccc1-c1cc2cnc(NC3CCC(O)CC3)nc2n(C2CC2)c1=O. The van der Waals surface area contributed by atoms with Crippen molar-refractivity contribution in [2.24, 2.45) is 0 Å². The van der Waals surface area contributed by atoms with Gasteiger partial charge in [0.2, 0.25) is 5.95 Å². The van der Waals surface area contributed by atoms with Crippen LogP contribution in [0.3, 0.4) is 0 Å². The lowest BCUT2D eigenvalue weighted by Crippen LogP contribution is -2.29. The van der Waals surface area contributed by atoms with Crippen LogP contribution in [0, 0.1) is 6.92 Å². The summed E-state index contributed by atoms with van der Waals surface area (Å²) in [4.78, 5) is 22.7. The lowest BCUT2D eigenvalue weighted by Gasteiger charge is -2.26. The summed E-state index contributed by atoms with van der Waals surface area (Å²) >= 11 is 0. The molecule has 0 saturated heterocycles. The van der Waals surface area contributed by atoms with Crippen LogP contribution in [0.2, 0.25) is 0 Å². The van der Waals surface area contributed by atoms with Crippen molar-refractivity contribution in [3.05, 3.63) is 52.4 Å². The third kappa shape index (κ3) is 3.53. The number of aromatic nitrogens is 3. The highest BCUT2D eigenvalue weighted by Crippen LogP contribution is 2.36. The first kappa shape index (κ1) is 18.3. The molecule has 2 fully saturated rings. The first-order chi connectivity index (χ1) is 14.1. The van der Waals surface area contributed by atoms with E-state index in [1.54, 1.807) is 0 Å². The molecule has 0 unspecified atom stereocenters. The molecule has 0 radical (unpaired) electrons. The van der Waals surface area contributed by atoms with Crippen molar-refractivity contribution >= 4 is 17.0 Å². The number of hydrogen-bond acceptors (Lipinski definition) is 5. The van der Waals surface area contributed by atoms with Gasteiger partial charge in [-0.3, -0.25) is 9.36 Å². The molecule has 2 heterocycles. The van der Waals surface area contributed by atoms with Crippen molar-refractivity contribution < 1.29 is 5.11 Å². The van der Waals surface area contributed by atoms with Crippen LogP contribution in [-0.4, -0.2) is 31.8 Å². The van der Waals surface area contributed by atoms with E-state index < -0.39 is 0 Å². The first-order valence-corrected chi connectivity index (χ1v) is 10.5. The van der Waals surface area contributed by atoms with Gasteiger partial charge in [-0.1, -0.05) is 24.3 Å². The highest BCUT2D eigenvalue weighted by Gasteiger charge is 2.29. The smallest absolute Gasteiger partial charge is 0.260 e. The molecule has 2 saturated carbocycles. The van der Waals surface area contributed by atoms with Crippen LogP contribution in [0.25, 0.3) is 22.2 Å². The lowest BCUT2D eigenvalue weighted by atomic mass is 9.93. The molecule has 6 nitrogen and oxygen atoms in total. The van der Waals surface area contributed by atoms with Crippen LogP contribution in [0.1, 0.15) is 50.1 Å². The maximum absolute atomic E-state index is 13.4. The van der Waals surface area contributed by atoms with Crippen molar-refractivity contribution in [1.82, 2.24) is 14.5 Å². The molecule has 2 aromatic heterocycles. The van der Waals surface area contributed by atoms with Gasteiger partial charge in [-0.25, -0.2) is 4.98 Å². The molecule has 2 N–H and O–H groups in total. The molecule has 150 valence electrons. The van der Waals surface area contributed by atoms with E-state index in [0.717, 1.165) is 55.0 Å². The Labute approximate surface area is 169 Å². The van der Waals surface area contributed by atoms with E-state index in [2.05, 4.69) is 10.3 Å². The van der Waals surface area contributed by atoms with E-state index in [1.165, 1.54) is 0 Å². The number of aliphatic hydroxyl groups is 1. The molecule has 1 aromatic carbocycles. The fourth-order valence-electron chi connectivity index (χ4n) is 4.33. The summed E-state index contributed by atoms with van der Waals surface area (Å²) in [7, 11) is 0. The van der Waals surface area contributed by atoms with Gasteiger partial charge in [-0.05, 0) is 62.6 Å². The number of benzene rings is 1. The number of aliphatic hydroxyl groups excluding tert-OH is 1. The fourth-order valence-corrected chi connectivity index (χ4v) is 4.33. The van der Waals surface area contributed by atoms with Crippen molar-refractivity contribution in [3.63, 3.8) is 0 Å². The molecule has 5 rings (SSSR count). The number of nitrogens with zero attached hydrogens (tertiary/aromatic N) is 3. The fraction of sp³-hybridized carbons (Fsp3) is 0.435. The van der Waals surface area contributed by atoms with Crippen molar-refractivity contribution in [2.45, 2.75) is 63.6 Å². The van der Waals surface area contributed by atoms with Gasteiger partial charge in [-0.15, -0.1) is 0 Å². The Kier molecular flexibility index (Phi) is 4.59. The molecule has 2 aliphatic rings. The lowest BCUT2D eigenvalue weighted by molar-refractivity contribution is 0.126. The van der Waals surface area contributed by atoms with E-state index in [4.69, 9.17) is 4.98 Å². The molecule has 3 aromatic rings. The minimum atomic E-state index is -0.189. The normalized spacial score (nSPS) is 22.0. The van der Waals surface area contributed by atoms with Gasteiger partial charge in [0.05, 0.1) is 6.10 Å². The summed E-state index contributed by atoms with van der Waals surface area (Å²) in [5.74, 6) is 0.566. The van der Waals surface area contributed by atoms with Gasteiger partial charge in [0.1, 0.15) is 5.65 Å². The molecule has 29 heavy (non-hydrogen) atoms. The predicted octanol–water partition coefficient (Wildman–Crippen LogP) is 3.82. The summed E-state index contributed by atoms with van der Waals surface area (Å²) in [5, 5.41) is 14.0. The standard InChI is InChI=1S/C23H26N4O2/c1-14-4-2-3-5-19(14)20-12-15-13-24-23(25-16-6-10-18(28)11-7-16)26-21(15)27(22(20)29)17-8-9-17/h2-5,12-13,16-18,28H,6-11H2,1H3,(H,24,25,26). The van der Waals surface area contributed by atoms with Crippen molar-refractivity contribution in [1.29, 1.82) is 0 Å². The Balaban J connectivity index is 1.58. The Morgan fingerprint density at radius 3 is 2.55 bits per heavy atom. The van der Waals surface area contributed by atoms with Gasteiger partial charge in [-0.2, -0.15) is 4.98 Å². The van der Waals surface area contributed by atoms with Gasteiger partial charge < -0.3 is 10.4 Å². The summed E-state index contributed by atoms with van der Waals surface area (Å²) in [6, 6.07) is 10.4. The van der Waals surface area contributed by atoms with Crippen LogP contribution < -0.4 is 10.9 Å². The number of aryl methyl sites for hydroxylation is 1. The Morgan fingerprint density at radius 2 is 1.83 bits per heavy atom. The second-order valence-corrected chi connectivity index (χ2v) is 8.40. The molecular weight excluding hydrogens is 364 g/mol. The van der Waals surface area contributed by atoms with Crippen LogP contribution >= 0.6 is 0 Å². The molecular formula is C23H26N4O2. The van der Waals surface area contributed by atoms with E-state index in [9.17, 15) is 9.90 Å². The van der Waals surface area contributed by atoms with Gasteiger partial charge >= 0.3 is 0 Å². The van der Waals surface area contributed by atoms with Crippen LogP contribution in [-0.2, 0) is 0 Å².